The van der Waals surface area contributed by atoms with Gasteiger partial charge in [0.05, 0.1) is 12.3 Å². The van der Waals surface area contributed by atoms with Crippen molar-refractivity contribution in [2.75, 3.05) is 5.01 Å². The molecule has 1 saturated carbocycles. The fourth-order valence-electron chi connectivity index (χ4n) is 2.40. The van der Waals surface area contributed by atoms with Crippen LogP contribution in [0.25, 0.3) is 0 Å². The molecule has 2 aliphatic rings. The molecule has 1 amide bonds. The summed E-state index contributed by atoms with van der Waals surface area (Å²) in [6.07, 6.45) is 3.02. The molecule has 17 heavy (non-hydrogen) atoms. The second-order valence-corrected chi connectivity index (χ2v) is 4.79. The number of anilines is 1. The first kappa shape index (κ1) is 10.7. The van der Waals surface area contributed by atoms with Gasteiger partial charge < -0.3 is 5.11 Å². The standard InChI is InChI=1S/C13H16N2O2/c16-8-10-3-1-2-4-12(10)15-13(17)7-11(14-15)9-5-6-9/h1-4,9,11,14,16H,5-8H2. The van der Waals surface area contributed by atoms with Crippen molar-refractivity contribution in [3.63, 3.8) is 0 Å². The van der Waals surface area contributed by atoms with Crippen molar-refractivity contribution in [1.29, 1.82) is 0 Å². The van der Waals surface area contributed by atoms with E-state index in [9.17, 15) is 9.90 Å². The first-order chi connectivity index (χ1) is 8.29. The number of carbonyl (C=O) groups excluding carboxylic acids is 1. The largest absolute Gasteiger partial charge is 0.392 e. The van der Waals surface area contributed by atoms with Gasteiger partial charge in [-0.25, -0.2) is 10.4 Å². The highest BCUT2D eigenvalue weighted by Gasteiger charge is 2.40. The Kier molecular flexibility index (Phi) is 2.61. The molecule has 1 unspecified atom stereocenters. The van der Waals surface area contributed by atoms with E-state index >= 15 is 0 Å². The molecule has 4 nitrogen and oxygen atoms in total. The van der Waals surface area contributed by atoms with E-state index in [4.69, 9.17) is 0 Å². The van der Waals surface area contributed by atoms with Gasteiger partial charge in [-0.15, -0.1) is 0 Å². The number of hydrogen-bond donors (Lipinski definition) is 2. The number of nitrogens with zero attached hydrogens (tertiary/aromatic N) is 1. The average Bonchev–Trinajstić information content (AvgIpc) is 3.13. The molecule has 0 bridgehead atoms. The van der Waals surface area contributed by atoms with Crippen LogP contribution in [-0.2, 0) is 11.4 Å². The maximum atomic E-state index is 12.0. The van der Waals surface area contributed by atoms with E-state index in [0.717, 1.165) is 11.3 Å². The topological polar surface area (TPSA) is 52.6 Å². The molecule has 1 aromatic carbocycles. The lowest BCUT2D eigenvalue weighted by atomic mass is 10.1. The van der Waals surface area contributed by atoms with Crippen molar-refractivity contribution < 1.29 is 9.90 Å². The first-order valence-corrected chi connectivity index (χ1v) is 6.07. The quantitative estimate of drug-likeness (QED) is 0.823. The number of hydrogen-bond acceptors (Lipinski definition) is 3. The second-order valence-electron chi connectivity index (χ2n) is 4.79. The van der Waals surface area contributed by atoms with Crippen LogP contribution in [0.2, 0.25) is 0 Å². The van der Waals surface area contributed by atoms with Gasteiger partial charge in [0, 0.05) is 18.0 Å². The maximum Gasteiger partial charge on any atom is 0.243 e. The van der Waals surface area contributed by atoms with Crippen molar-refractivity contribution in [1.82, 2.24) is 5.43 Å². The summed E-state index contributed by atoms with van der Waals surface area (Å²) < 4.78 is 0. The van der Waals surface area contributed by atoms with Crippen LogP contribution in [0, 0.1) is 5.92 Å². The van der Waals surface area contributed by atoms with E-state index in [0.29, 0.717) is 12.3 Å². The number of hydrazine groups is 1. The number of rotatable bonds is 3. The van der Waals surface area contributed by atoms with Crippen LogP contribution in [0.3, 0.4) is 0 Å². The number of para-hydroxylation sites is 1. The van der Waals surface area contributed by atoms with E-state index < -0.39 is 0 Å². The molecule has 1 atom stereocenters. The van der Waals surface area contributed by atoms with Crippen LogP contribution in [0.5, 0.6) is 0 Å². The molecule has 1 saturated heterocycles. The zero-order valence-electron chi connectivity index (χ0n) is 9.60. The highest BCUT2D eigenvalue weighted by Crippen LogP contribution is 2.37. The Labute approximate surface area is 100 Å². The normalized spacial score (nSPS) is 24.4. The summed E-state index contributed by atoms with van der Waals surface area (Å²) in [7, 11) is 0. The van der Waals surface area contributed by atoms with Gasteiger partial charge in [-0.3, -0.25) is 4.79 Å². The third-order valence-electron chi connectivity index (χ3n) is 3.53. The van der Waals surface area contributed by atoms with Gasteiger partial charge in [0.15, 0.2) is 0 Å². The zero-order valence-corrected chi connectivity index (χ0v) is 9.60. The fourth-order valence-corrected chi connectivity index (χ4v) is 2.40. The Morgan fingerprint density at radius 1 is 1.35 bits per heavy atom. The van der Waals surface area contributed by atoms with Crippen LogP contribution >= 0.6 is 0 Å². The Bertz CT molecular complexity index is 443. The van der Waals surface area contributed by atoms with Gasteiger partial charge >= 0.3 is 0 Å². The van der Waals surface area contributed by atoms with Gasteiger partial charge in [-0.2, -0.15) is 0 Å². The third kappa shape index (κ3) is 1.94. The molecule has 1 aromatic rings. The third-order valence-corrected chi connectivity index (χ3v) is 3.53. The lowest BCUT2D eigenvalue weighted by molar-refractivity contribution is -0.117. The van der Waals surface area contributed by atoms with Crippen LogP contribution in [-0.4, -0.2) is 17.1 Å². The zero-order chi connectivity index (χ0) is 11.8. The molecule has 0 radical (unpaired) electrons. The number of aliphatic hydroxyl groups excluding tert-OH is 1. The summed E-state index contributed by atoms with van der Waals surface area (Å²) in [5.41, 5.74) is 4.83. The monoisotopic (exact) mass is 232 g/mol. The highest BCUT2D eigenvalue weighted by molar-refractivity contribution is 5.95. The minimum atomic E-state index is -0.0459. The summed E-state index contributed by atoms with van der Waals surface area (Å²) in [4.78, 5) is 12.0. The molecule has 0 aromatic heterocycles. The van der Waals surface area contributed by atoms with Gasteiger partial charge in [-0.05, 0) is 24.8 Å². The smallest absolute Gasteiger partial charge is 0.243 e. The molecule has 0 spiro atoms. The van der Waals surface area contributed by atoms with Gasteiger partial charge in [-0.1, -0.05) is 18.2 Å². The van der Waals surface area contributed by atoms with Crippen molar-refractivity contribution in [3.05, 3.63) is 29.8 Å². The van der Waals surface area contributed by atoms with Crippen molar-refractivity contribution in [2.45, 2.75) is 31.9 Å². The fraction of sp³-hybridized carbons (Fsp3) is 0.462. The molecule has 2 fully saturated rings. The lowest BCUT2D eigenvalue weighted by Gasteiger charge is -2.20. The molecule has 1 aliphatic carbocycles. The van der Waals surface area contributed by atoms with Crippen molar-refractivity contribution in [2.24, 2.45) is 5.92 Å². The summed E-state index contributed by atoms with van der Waals surface area (Å²) in [6.45, 7) is -0.0459. The summed E-state index contributed by atoms with van der Waals surface area (Å²) in [5, 5.41) is 10.9. The van der Waals surface area contributed by atoms with Crippen LogP contribution < -0.4 is 10.4 Å². The Morgan fingerprint density at radius 3 is 2.82 bits per heavy atom. The minimum Gasteiger partial charge on any atom is -0.392 e. The van der Waals surface area contributed by atoms with E-state index in [1.807, 2.05) is 24.3 Å². The van der Waals surface area contributed by atoms with E-state index in [1.165, 1.54) is 12.8 Å². The first-order valence-electron chi connectivity index (χ1n) is 6.07. The van der Waals surface area contributed by atoms with Crippen LogP contribution in [0.1, 0.15) is 24.8 Å². The lowest BCUT2D eigenvalue weighted by Crippen LogP contribution is -2.38. The minimum absolute atomic E-state index is 0.0459. The molecule has 4 heteroatoms. The Morgan fingerprint density at radius 2 is 2.12 bits per heavy atom. The maximum absolute atomic E-state index is 12.0. The van der Waals surface area contributed by atoms with Crippen molar-refractivity contribution >= 4 is 11.6 Å². The number of aliphatic hydroxyl groups is 1. The number of benzene rings is 1. The average molecular weight is 232 g/mol. The van der Waals surface area contributed by atoms with E-state index in [1.54, 1.807) is 5.01 Å². The number of nitrogens with one attached hydrogen (secondary N) is 1. The second kappa shape index (κ2) is 4.13. The van der Waals surface area contributed by atoms with Crippen LogP contribution in [0.15, 0.2) is 24.3 Å². The molecule has 3 rings (SSSR count). The predicted molar refractivity (Wildman–Crippen MR) is 64.1 cm³/mol. The van der Waals surface area contributed by atoms with Crippen molar-refractivity contribution in [3.8, 4) is 0 Å². The van der Waals surface area contributed by atoms with Gasteiger partial charge in [0.2, 0.25) is 5.91 Å². The molecule has 1 heterocycles. The SMILES string of the molecule is O=C1CC(C2CC2)NN1c1ccccc1CO. The highest BCUT2D eigenvalue weighted by atomic mass is 16.3. The molecular weight excluding hydrogens is 216 g/mol. The molecule has 90 valence electrons. The summed E-state index contributed by atoms with van der Waals surface area (Å²) in [6, 6.07) is 7.75. The Balaban J connectivity index is 1.85. The molecular formula is C13H16N2O2. The van der Waals surface area contributed by atoms with Crippen LogP contribution in [0.4, 0.5) is 5.69 Å². The van der Waals surface area contributed by atoms with Gasteiger partial charge in [0.1, 0.15) is 0 Å². The van der Waals surface area contributed by atoms with E-state index in [-0.39, 0.29) is 18.6 Å². The number of carbonyl (C=O) groups is 1. The molecule has 1 aliphatic heterocycles. The van der Waals surface area contributed by atoms with E-state index in [2.05, 4.69) is 5.43 Å². The van der Waals surface area contributed by atoms with Gasteiger partial charge in [0.25, 0.3) is 0 Å². The molecule has 2 N–H and O–H groups in total. The predicted octanol–water partition coefficient (Wildman–Crippen LogP) is 1.20. The Hall–Kier alpha value is -1.39. The summed E-state index contributed by atoms with van der Waals surface area (Å²) >= 11 is 0. The number of amides is 1. The summed E-state index contributed by atoms with van der Waals surface area (Å²) in [5.74, 6) is 0.757.